The van der Waals surface area contributed by atoms with Crippen LogP contribution in [-0.4, -0.2) is 83.6 Å². The van der Waals surface area contributed by atoms with E-state index in [2.05, 4.69) is 95.6 Å². The van der Waals surface area contributed by atoms with Crippen molar-refractivity contribution in [1.82, 2.24) is 44.3 Å². The van der Waals surface area contributed by atoms with Crippen LogP contribution < -0.4 is 4.74 Å². The Morgan fingerprint density at radius 3 is 2.59 bits per heavy atom. The van der Waals surface area contributed by atoms with Crippen LogP contribution in [0.25, 0.3) is 34.0 Å². The third-order valence-corrected chi connectivity index (χ3v) is 8.03. The molecule has 1 aromatic carbocycles. The van der Waals surface area contributed by atoms with Gasteiger partial charge in [0.05, 0.1) is 23.8 Å². The number of piperazine rings is 1. The molecule has 1 N–H and O–H groups in total. The van der Waals surface area contributed by atoms with Crippen molar-refractivity contribution < 1.29 is 4.74 Å². The number of likely N-dealkylation sites (N-methyl/N-ethyl adjacent to an activating group) is 1. The van der Waals surface area contributed by atoms with Gasteiger partial charge in [-0.05, 0) is 66.3 Å². The standard InChI is InChI=1S/C29H39N9O/c1-17(2)36-11-10-35(7)24(16-36)27-26(19(5)32-33-27)21-8-9-22-25(14-21)39-13-12-37-15-23(31-28(22)37)29-30-20(6)34-38(29)18(3)4/h8-9,14-15,17-18,24H,10-13,16H2,1-7H3,(H,32,33). The van der Waals surface area contributed by atoms with Gasteiger partial charge in [0, 0.05) is 49.2 Å². The van der Waals surface area contributed by atoms with Crippen LogP contribution in [0.5, 0.6) is 5.75 Å². The lowest BCUT2D eigenvalue weighted by molar-refractivity contribution is 0.0727. The number of nitrogens with one attached hydrogen (secondary N) is 1. The molecule has 1 unspecified atom stereocenters. The highest BCUT2D eigenvalue weighted by Crippen LogP contribution is 2.40. The number of nitrogens with zero attached hydrogens (tertiary/aromatic N) is 8. The molecule has 39 heavy (non-hydrogen) atoms. The minimum Gasteiger partial charge on any atom is -0.491 e. The number of benzene rings is 1. The van der Waals surface area contributed by atoms with Gasteiger partial charge in [0.15, 0.2) is 5.82 Å². The zero-order valence-electron chi connectivity index (χ0n) is 24.1. The van der Waals surface area contributed by atoms with Gasteiger partial charge < -0.3 is 9.30 Å². The second-order valence-electron chi connectivity index (χ2n) is 11.4. The summed E-state index contributed by atoms with van der Waals surface area (Å²) in [6, 6.07) is 7.41. The van der Waals surface area contributed by atoms with E-state index in [0.717, 1.165) is 83.2 Å². The molecule has 0 amide bonds. The topological polar surface area (TPSA) is 92.9 Å². The lowest BCUT2D eigenvalue weighted by Crippen LogP contribution is -2.49. The quantitative estimate of drug-likeness (QED) is 0.407. The third-order valence-electron chi connectivity index (χ3n) is 8.03. The number of ether oxygens (including phenoxy) is 1. The highest BCUT2D eigenvalue weighted by molar-refractivity contribution is 5.77. The predicted octanol–water partition coefficient (Wildman–Crippen LogP) is 4.49. The summed E-state index contributed by atoms with van der Waals surface area (Å²) >= 11 is 0. The Morgan fingerprint density at radius 1 is 1.00 bits per heavy atom. The smallest absolute Gasteiger partial charge is 0.178 e. The fraction of sp³-hybridized carbons (Fsp3) is 0.517. The molecule has 0 spiro atoms. The van der Waals surface area contributed by atoms with Crippen molar-refractivity contribution in [3.8, 4) is 39.8 Å². The first-order valence-electron chi connectivity index (χ1n) is 14.0. The van der Waals surface area contributed by atoms with E-state index in [-0.39, 0.29) is 12.1 Å². The number of aryl methyl sites for hydroxylation is 2. The van der Waals surface area contributed by atoms with Gasteiger partial charge in [0.2, 0.25) is 0 Å². The normalized spacial score (nSPS) is 18.3. The Morgan fingerprint density at radius 2 is 1.82 bits per heavy atom. The largest absolute Gasteiger partial charge is 0.491 e. The van der Waals surface area contributed by atoms with Crippen molar-refractivity contribution in [3.63, 3.8) is 0 Å². The minimum atomic E-state index is 0.198. The molecule has 206 valence electrons. The molecule has 5 heterocycles. The first kappa shape index (κ1) is 25.8. The van der Waals surface area contributed by atoms with E-state index in [1.54, 1.807) is 0 Å². The first-order valence-corrected chi connectivity index (χ1v) is 14.0. The second-order valence-corrected chi connectivity index (χ2v) is 11.4. The van der Waals surface area contributed by atoms with Crippen molar-refractivity contribution in [2.24, 2.45) is 0 Å². The first-order chi connectivity index (χ1) is 18.7. The number of imidazole rings is 1. The molecule has 4 aromatic rings. The zero-order chi connectivity index (χ0) is 27.4. The number of aromatic nitrogens is 7. The van der Waals surface area contributed by atoms with Crippen molar-refractivity contribution in [2.45, 2.75) is 66.2 Å². The monoisotopic (exact) mass is 529 g/mol. The SMILES string of the molecule is Cc1nc(-c2cn3c(n2)-c2ccc(-c4c(C5CN(C(C)C)CCN5C)n[nH]c4C)cc2OCC3)n(C(C)C)n1. The van der Waals surface area contributed by atoms with Crippen molar-refractivity contribution in [1.29, 1.82) is 0 Å². The summed E-state index contributed by atoms with van der Waals surface area (Å²) in [7, 11) is 2.20. The Balaban J connectivity index is 1.38. The maximum atomic E-state index is 6.29. The van der Waals surface area contributed by atoms with Gasteiger partial charge in [-0.2, -0.15) is 10.2 Å². The fourth-order valence-corrected chi connectivity index (χ4v) is 5.82. The van der Waals surface area contributed by atoms with E-state index in [1.165, 1.54) is 0 Å². The Bertz CT molecular complexity index is 1490. The summed E-state index contributed by atoms with van der Waals surface area (Å²) in [4.78, 5) is 14.7. The Labute approximate surface area is 230 Å². The molecular formula is C29H39N9O. The van der Waals surface area contributed by atoms with Crippen molar-refractivity contribution in [2.75, 3.05) is 33.3 Å². The van der Waals surface area contributed by atoms with Crippen LogP contribution in [0.3, 0.4) is 0 Å². The number of H-pyrrole nitrogens is 1. The fourth-order valence-electron chi connectivity index (χ4n) is 5.82. The summed E-state index contributed by atoms with van der Waals surface area (Å²) in [6.07, 6.45) is 2.07. The molecule has 0 saturated carbocycles. The van der Waals surface area contributed by atoms with Crippen LogP contribution in [0, 0.1) is 13.8 Å². The average molecular weight is 530 g/mol. The number of aromatic amines is 1. The number of fused-ring (bicyclic) bond motifs is 3. The summed E-state index contributed by atoms with van der Waals surface area (Å²) in [6.45, 7) is 17.1. The highest BCUT2D eigenvalue weighted by atomic mass is 16.5. The van der Waals surface area contributed by atoms with Gasteiger partial charge in [-0.25, -0.2) is 14.6 Å². The van der Waals surface area contributed by atoms with Gasteiger partial charge in [0.1, 0.15) is 29.7 Å². The molecule has 1 fully saturated rings. The molecule has 10 nitrogen and oxygen atoms in total. The Kier molecular flexibility index (Phi) is 6.55. The van der Waals surface area contributed by atoms with Crippen LogP contribution in [0.4, 0.5) is 0 Å². The molecule has 6 rings (SSSR count). The van der Waals surface area contributed by atoms with Crippen LogP contribution in [0.15, 0.2) is 24.4 Å². The lowest BCUT2D eigenvalue weighted by Gasteiger charge is -2.41. The van der Waals surface area contributed by atoms with Gasteiger partial charge in [-0.15, -0.1) is 0 Å². The number of hydrogen-bond acceptors (Lipinski definition) is 7. The van der Waals surface area contributed by atoms with E-state index < -0.39 is 0 Å². The van der Waals surface area contributed by atoms with E-state index in [4.69, 9.17) is 14.8 Å². The third kappa shape index (κ3) is 4.55. The average Bonchev–Trinajstić information content (AvgIpc) is 3.58. The summed E-state index contributed by atoms with van der Waals surface area (Å²) < 4.78 is 10.4. The van der Waals surface area contributed by atoms with Crippen LogP contribution >= 0.6 is 0 Å². The van der Waals surface area contributed by atoms with Gasteiger partial charge in [-0.3, -0.25) is 14.9 Å². The molecular weight excluding hydrogens is 490 g/mol. The van der Waals surface area contributed by atoms with Gasteiger partial charge in [-0.1, -0.05) is 6.07 Å². The molecule has 10 heteroatoms. The maximum absolute atomic E-state index is 6.29. The molecule has 2 aliphatic heterocycles. The molecule has 1 atom stereocenters. The molecule has 2 aliphatic rings. The second kappa shape index (κ2) is 9.91. The number of rotatable bonds is 5. The molecule has 0 aliphatic carbocycles. The van der Waals surface area contributed by atoms with Crippen molar-refractivity contribution >= 4 is 0 Å². The molecule has 0 bridgehead atoms. The van der Waals surface area contributed by atoms with E-state index in [9.17, 15) is 0 Å². The molecule has 3 aromatic heterocycles. The van der Waals surface area contributed by atoms with Crippen LogP contribution in [0.1, 0.15) is 57.0 Å². The summed E-state index contributed by atoms with van der Waals surface area (Å²) in [5.41, 5.74) is 6.26. The lowest BCUT2D eigenvalue weighted by atomic mass is 9.96. The highest BCUT2D eigenvalue weighted by Gasteiger charge is 2.32. The van der Waals surface area contributed by atoms with Gasteiger partial charge >= 0.3 is 0 Å². The summed E-state index contributed by atoms with van der Waals surface area (Å²) in [5.74, 6) is 3.29. The predicted molar refractivity (Wildman–Crippen MR) is 152 cm³/mol. The molecule has 0 radical (unpaired) electrons. The zero-order valence-corrected chi connectivity index (χ0v) is 24.1. The van der Waals surface area contributed by atoms with Gasteiger partial charge in [0.25, 0.3) is 0 Å². The van der Waals surface area contributed by atoms with Crippen LogP contribution in [0.2, 0.25) is 0 Å². The van der Waals surface area contributed by atoms with Crippen LogP contribution in [-0.2, 0) is 6.54 Å². The van der Waals surface area contributed by atoms with E-state index >= 15 is 0 Å². The minimum absolute atomic E-state index is 0.198. The summed E-state index contributed by atoms with van der Waals surface area (Å²) in [5, 5.41) is 12.7. The van der Waals surface area contributed by atoms with E-state index in [1.807, 2.05) is 11.6 Å². The van der Waals surface area contributed by atoms with Crippen molar-refractivity contribution in [3.05, 3.63) is 41.6 Å². The maximum Gasteiger partial charge on any atom is 0.178 e. The van der Waals surface area contributed by atoms with E-state index in [0.29, 0.717) is 12.6 Å². The molecule has 1 saturated heterocycles. The number of hydrogen-bond donors (Lipinski definition) is 1. The Hall–Kier alpha value is -3.50.